The zero-order valence-corrected chi connectivity index (χ0v) is 13.1. The van der Waals surface area contributed by atoms with Gasteiger partial charge in [-0.2, -0.15) is 0 Å². The predicted octanol–water partition coefficient (Wildman–Crippen LogP) is 1.88. The summed E-state index contributed by atoms with van der Waals surface area (Å²) in [5.41, 5.74) is 5.94. The second-order valence-corrected chi connectivity index (χ2v) is 6.59. The van der Waals surface area contributed by atoms with E-state index in [1.165, 1.54) is 25.7 Å². The molecule has 2 rings (SSSR count). The zero-order valence-electron chi connectivity index (χ0n) is 13.1. The highest BCUT2D eigenvalue weighted by molar-refractivity contribution is 5.81. The van der Waals surface area contributed by atoms with Crippen LogP contribution in [0, 0.1) is 5.92 Å². The number of hydrogen-bond acceptors (Lipinski definition) is 3. The minimum Gasteiger partial charge on any atom is -0.352 e. The minimum atomic E-state index is -0.0399. The van der Waals surface area contributed by atoms with Crippen LogP contribution in [0.25, 0.3) is 0 Å². The summed E-state index contributed by atoms with van der Waals surface area (Å²) in [6.45, 7) is 5.97. The Hall–Kier alpha value is -0.610. The standard InChI is InChI=1S/C16H31N3O/c1-3-13-8-9-19(15(10-13)11-17)12(2)16(20)18-14-6-4-5-7-14/h12-15H,3-11,17H2,1-2H3,(H,18,20). The molecule has 1 saturated carbocycles. The second kappa shape index (κ2) is 7.41. The molecule has 0 bridgehead atoms. The molecule has 1 saturated heterocycles. The first-order valence-electron chi connectivity index (χ1n) is 8.41. The van der Waals surface area contributed by atoms with Crippen molar-refractivity contribution in [3.8, 4) is 0 Å². The Kier molecular flexibility index (Phi) is 5.85. The van der Waals surface area contributed by atoms with Crippen LogP contribution < -0.4 is 11.1 Å². The highest BCUT2D eigenvalue weighted by atomic mass is 16.2. The fourth-order valence-electron chi connectivity index (χ4n) is 3.81. The highest BCUT2D eigenvalue weighted by Gasteiger charge is 2.33. The lowest BCUT2D eigenvalue weighted by atomic mass is 9.88. The van der Waals surface area contributed by atoms with Crippen molar-refractivity contribution >= 4 is 5.91 Å². The Morgan fingerprint density at radius 1 is 1.35 bits per heavy atom. The maximum Gasteiger partial charge on any atom is 0.237 e. The van der Waals surface area contributed by atoms with Gasteiger partial charge in [0.1, 0.15) is 0 Å². The SMILES string of the molecule is CCC1CCN(C(C)C(=O)NC2CCCC2)C(CN)C1. The van der Waals surface area contributed by atoms with Crippen LogP contribution in [0.2, 0.25) is 0 Å². The van der Waals surface area contributed by atoms with Gasteiger partial charge in [0.05, 0.1) is 6.04 Å². The summed E-state index contributed by atoms with van der Waals surface area (Å²) in [5.74, 6) is 0.982. The Bertz CT molecular complexity index is 315. The van der Waals surface area contributed by atoms with Crippen LogP contribution in [0.3, 0.4) is 0 Å². The minimum absolute atomic E-state index is 0.0399. The zero-order chi connectivity index (χ0) is 14.5. The number of carbonyl (C=O) groups is 1. The van der Waals surface area contributed by atoms with E-state index in [1.807, 2.05) is 6.92 Å². The van der Waals surface area contributed by atoms with Gasteiger partial charge in [-0.15, -0.1) is 0 Å². The number of nitrogens with two attached hydrogens (primary N) is 1. The van der Waals surface area contributed by atoms with Gasteiger partial charge < -0.3 is 11.1 Å². The monoisotopic (exact) mass is 281 g/mol. The van der Waals surface area contributed by atoms with E-state index < -0.39 is 0 Å². The van der Waals surface area contributed by atoms with Crippen LogP contribution in [0.4, 0.5) is 0 Å². The van der Waals surface area contributed by atoms with E-state index in [1.54, 1.807) is 0 Å². The molecule has 3 N–H and O–H groups in total. The van der Waals surface area contributed by atoms with Gasteiger partial charge >= 0.3 is 0 Å². The van der Waals surface area contributed by atoms with Gasteiger partial charge in [0.25, 0.3) is 0 Å². The lowest BCUT2D eigenvalue weighted by Crippen LogP contribution is -2.56. The number of nitrogens with one attached hydrogen (secondary N) is 1. The Labute approximate surface area is 123 Å². The summed E-state index contributed by atoms with van der Waals surface area (Å²) < 4.78 is 0. The van der Waals surface area contributed by atoms with E-state index in [0.29, 0.717) is 18.6 Å². The first-order valence-corrected chi connectivity index (χ1v) is 8.41. The molecule has 3 unspecified atom stereocenters. The number of hydrogen-bond donors (Lipinski definition) is 2. The van der Waals surface area contributed by atoms with Gasteiger partial charge in [-0.05, 0) is 45.1 Å². The quantitative estimate of drug-likeness (QED) is 0.809. The number of rotatable bonds is 5. The molecule has 0 aromatic carbocycles. The van der Waals surface area contributed by atoms with Crippen LogP contribution in [0.1, 0.15) is 58.8 Å². The van der Waals surface area contributed by atoms with Gasteiger partial charge in [0.15, 0.2) is 0 Å². The van der Waals surface area contributed by atoms with E-state index >= 15 is 0 Å². The molecule has 2 aliphatic rings. The molecular weight excluding hydrogens is 250 g/mol. The van der Waals surface area contributed by atoms with Crippen molar-refractivity contribution in [2.24, 2.45) is 11.7 Å². The molecule has 116 valence electrons. The summed E-state index contributed by atoms with van der Waals surface area (Å²) >= 11 is 0. The third kappa shape index (κ3) is 3.73. The Morgan fingerprint density at radius 2 is 2.05 bits per heavy atom. The van der Waals surface area contributed by atoms with Crippen molar-refractivity contribution < 1.29 is 4.79 Å². The molecule has 1 heterocycles. The number of piperidine rings is 1. The van der Waals surface area contributed by atoms with Crippen LogP contribution in [0.5, 0.6) is 0 Å². The summed E-state index contributed by atoms with van der Waals surface area (Å²) in [5, 5.41) is 3.22. The van der Waals surface area contributed by atoms with Crippen molar-refractivity contribution in [1.82, 2.24) is 10.2 Å². The molecular formula is C16H31N3O. The van der Waals surface area contributed by atoms with Crippen molar-refractivity contribution in [3.05, 3.63) is 0 Å². The van der Waals surface area contributed by atoms with Gasteiger partial charge in [0.2, 0.25) is 5.91 Å². The molecule has 1 amide bonds. The van der Waals surface area contributed by atoms with E-state index in [9.17, 15) is 4.79 Å². The molecule has 1 aliphatic carbocycles. The van der Waals surface area contributed by atoms with Gasteiger partial charge in [-0.1, -0.05) is 26.2 Å². The van der Waals surface area contributed by atoms with Crippen LogP contribution >= 0.6 is 0 Å². The molecule has 0 aromatic heterocycles. The van der Waals surface area contributed by atoms with E-state index in [4.69, 9.17) is 5.73 Å². The molecule has 20 heavy (non-hydrogen) atoms. The first kappa shape index (κ1) is 15.8. The number of likely N-dealkylation sites (tertiary alicyclic amines) is 1. The van der Waals surface area contributed by atoms with Gasteiger partial charge in [-0.25, -0.2) is 0 Å². The van der Waals surface area contributed by atoms with Gasteiger partial charge in [0, 0.05) is 18.6 Å². The van der Waals surface area contributed by atoms with Crippen LogP contribution in [-0.2, 0) is 4.79 Å². The molecule has 4 nitrogen and oxygen atoms in total. The molecule has 0 radical (unpaired) electrons. The van der Waals surface area contributed by atoms with E-state index in [0.717, 1.165) is 31.7 Å². The first-order chi connectivity index (χ1) is 9.65. The topological polar surface area (TPSA) is 58.4 Å². The average molecular weight is 281 g/mol. The summed E-state index contributed by atoms with van der Waals surface area (Å²) in [6, 6.07) is 0.745. The van der Waals surface area contributed by atoms with Gasteiger partial charge in [-0.3, -0.25) is 9.69 Å². The molecule has 1 aliphatic heterocycles. The largest absolute Gasteiger partial charge is 0.352 e. The summed E-state index contributed by atoms with van der Waals surface area (Å²) in [7, 11) is 0. The number of carbonyl (C=O) groups excluding carboxylic acids is 1. The van der Waals surface area contributed by atoms with Crippen molar-refractivity contribution in [2.45, 2.75) is 76.9 Å². The Morgan fingerprint density at radius 3 is 2.65 bits per heavy atom. The molecule has 4 heteroatoms. The fraction of sp³-hybridized carbons (Fsp3) is 0.938. The van der Waals surface area contributed by atoms with E-state index in [2.05, 4.69) is 17.1 Å². The average Bonchev–Trinajstić information content (AvgIpc) is 2.98. The molecule has 0 aromatic rings. The molecule has 2 fully saturated rings. The summed E-state index contributed by atoms with van der Waals surface area (Å²) in [4.78, 5) is 14.7. The maximum absolute atomic E-state index is 12.4. The number of nitrogens with zero attached hydrogens (tertiary/aromatic N) is 1. The second-order valence-electron chi connectivity index (χ2n) is 6.59. The smallest absolute Gasteiger partial charge is 0.237 e. The normalized spacial score (nSPS) is 30.4. The lowest BCUT2D eigenvalue weighted by Gasteiger charge is -2.41. The van der Waals surface area contributed by atoms with Crippen molar-refractivity contribution in [3.63, 3.8) is 0 Å². The third-order valence-corrected chi connectivity index (χ3v) is 5.30. The predicted molar refractivity (Wildman–Crippen MR) is 82.4 cm³/mol. The summed E-state index contributed by atoms with van der Waals surface area (Å²) in [6.07, 6.45) is 8.39. The van der Waals surface area contributed by atoms with Crippen LogP contribution in [-0.4, -0.2) is 42.0 Å². The Balaban J connectivity index is 1.89. The molecule has 3 atom stereocenters. The third-order valence-electron chi connectivity index (χ3n) is 5.30. The highest BCUT2D eigenvalue weighted by Crippen LogP contribution is 2.26. The lowest BCUT2D eigenvalue weighted by molar-refractivity contribution is -0.128. The van der Waals surface area contributed by atoms with Crippen LogP contribution in [0.15, 0.2) is 0 Å². The van der Waals surface area contributed by atoms with Crippen molar-refractivity contribution in [2.75, 3.05) is 13.1 Å². The van der Waals surface area contributed by atoms with Crippen molar-refractivity contribution in [1.29, 1.82) is 0 Å². The van der Waals surface area contributed by atoms with E-state index in [-0.39, 0.29) is 11.9 Å². The molecule has 0 spiro atoms. The fourth-order valence-corrected chi connectivity index (χ4v) is 3.81. The maximum atomic E-state index is 12.4. The number of amides is 1.